The molecule has 1 aromatic rings. The van der Waals surface area contributed by atoms with Crippen molar-refractivity contribution in [2.75, 3.05) is 0 Å². The molecule has 0 amide bonds. The molecule has 0 aromatic heterocycles. The van der Waals surface area contributed by atoms with Crippen LogP contribution in [0, 0.1) is 35.5 Å². The Morgan fingerprint density at radius 2 is 1.73 bits per heavy atom. The molecule has 7 atom stereocenters. The molecule has 3 fully saturated rings. The smallest absolute Gasteiger partial charge is 0.169 e. The minimum Gasteiger partial charge on any atom is -0.382 e. The van der Waals surface area contributed by atoms with E-state index in [9.17, 15) is 15.0 Å². The summed E-state index contributed by atoms with van der Waals surface area (Å²) in [5.41, 5.74) is 2.26. The number of rotatable bonds is 4. The van der Waals surface area contributed by atoms with Gasteiger partial charge in [-0.15, -0.1) is 0 Å². The van der Waals surface area contributed by atoms with E-state index in [1.54, 1.807) is 6.92 Å². The lowest BCUT2D eigenvalue weighted by molar-refractivity contribution is -0.232. The highest BCUT2D eigenvalue weighted by Gasteiger charge is 2.65. The molecule has 3 saturated carbocycles. The number of carbonyl (C=O) groups is 1. The Morgan fingerprint density at radius 1 is 1.03 bits per heavy atom. The maximum atomic E-state index is 12.4. The van der Waals surface area contributed by atoms with E-state index in [2.05, 4.69) is 51.1 Å². The first kappa shape index (κ1) is 23.3. The number of hydrogen-bond donors (Lipinski definition) is 2. The summed E-state index contributed by atoms with van der Waals surface area (Å²) in [5.74, 6) is 0.280. The van der Waals surface area contributed by atoms with Crippen molar-refractivity contribution >= 4 is 5.78 Å². The zero-order valence-electron chi connectivity index (χ0n) is 20.7. The first-order valence-corrected chi connectivity index (χ1v) is 12.9. The van der Waals surface area contributed by atoms with Gasteiger partial charge < -0.3 is 14.9 Å². The third-order valence-corrected chi connectivity index (χ3v) is 10.5. The monoisotopic (exact) mass is 452 g/mol. The molecule has 4 aliphatic carbocycles. The third-order valence-electron chi connectivity index (χ3n) is 10.5. The number of Topliss-reactive ketones (excluding diaryl/α,β-unsaturated/α-hetero) is 1. The molecule has 4 aliphatic rings. The molecular formula is C29H40O4. The van der Waals surface area contributed by atoms with Gasteiger partial charge in [0.2, 0.25) is 0 Å². The van der Waals surface area contributed by atoms with Gasteiger partial charge >= 0.3 is 0 Å². The van der Waals surface area contributed by atoms with Gasteiger partial charge in [-0.2, -0.15) is 0 Å². The highest BCUT2D eigenvalue weighted by Crippen LogP contribution is 2.67. The number of allylic oxidation sites excluding steroid dienone is 1. The summed E-state index contributed by atoms with van der Waals surface area (Å²) < 4.78 is 6.11. The summed E-state index contributed by atoms with van der Waals surface area (Å²) in [4.78, 5) is 12.4. The maximum Gasteiger partial charge on any atom is 0.169 e. The van der Waals surface area contributed by atoms with E-state index in [0.29, 0.717) is 43.6 Å². The van der Waals surface area contributed by atoms with Crippen LogP contribution in [0.25, 0.3) is 0 Å². The first-order valence-electron chi connectivity index (χ1n) is 12.9. The van der Waals surface area contributed by atoms with Crippen LogP contribution in [-0.4, -0.2) is 27.4 Å². The summed E-state index contributed by atoms with van der Waals surface area (Å²) in [6.07, 6.45) is 9.01. The highest BCUT2D eigenvalue weighted by atomic mass is 16.6. The Morgan fingerprint density at radius 3 is 2.42 bits per heavy atom. The Balaban J connectivity index is 1.34. The summed E-state index contributed by atoms with van der Waals surface area (Å²) >= 11 is 0. The summed E-state index contributed by atoms with van der Waals surface area (Å²) in [5, 5.41) is 22.7. The highest BCUT2D eigenvalue weighted by molar-refractivity contribution is 5.86. The summed E-state index contributed by atoms with van der Waals surface area (Å²) in [6, 6.07) is 8.30. The molecule has 1 aromatic carbocycles. The standard InChI is InChI=1S/C29H40O4/c1-19-5-7-21(8-6-19)18-33-28(31)16-15-26(3)22(17-28)9-10-23-24(26)11-13-27(4)25(23)12-14-29(27,32)20(2)30/h5-9,23-25,31-32H,10-18H2,1-4H3/t23-,24+,25+,26+,27+,28?,29+/m1/s1. The van der Waals surface area contributed by atoms with E-state index in [-0.39, 0.29) is 16.6 Å². The summed E-state index contributed by atoms with van der Waals surface area (Å²) in [7, 11) is 0. The number of benzene rings is 1. The molecule has 180 valence electrons. The van der Waals surface area contributed by atoms with Crippen molar-refractivity contribution in [3.05, 3.63) is 47.0 Å². The molecule has 5 rings (SSSR count). The Bertz CT molecular complexity index is 966. The van der Waals surface area contributed by atoms with Gasteiger partial charge in [-0.3, -0.25) is 4.79 Å². The molecule has 0 bridgehead atoms. The lowest BCUT2D eigenvalue weighted by Gasteiger charge is -2.59. The van der Waals surface area contributed by atoms with Crippen molar-refractivity contribution in [3.63, 3.8) is 0 Å². The number of aliphatic hydroxyl groups is 2. The molecule has 4 nitrogen and oxygen atoms in total. The van der Waals surface area contributed by atoms with Gasteiger partial charge in [0, 0.05) is 18.3 Å². The van der Waals surface area contributed by atoms with Crippen LogP contribution in [0.5, 0.6) is 0 Å². The van der Waals surface area contributed by atoms with Crippen molar-refractivity contribution in [2.45, 2.75) is 97.1 Å². The van der Waals surface area contributed by atoms with Crippen molar-refractivity contribution in [1.82, 2.24) is 0 Å². The molecule has 0 saturated heterocycles. The van der Waals surface area contributed by atoms with E-state index in [4.69, 9.17) is 4.74 Å². The molecule has 0 radical (unpaired) electrons. The number of ether oxygens (including phenoxy) is 1. The van der Waals surface area contributed by atoms with Gasteiger partial charge in [-0.25, -0.2) is 0 Å². The predicted octanol–water partition coefficient (Wildman–Crippen LogP) is 5.48. The van der Waals surface area contributed by atoms with E-state index in [1.165, 1.54) is 11.1 Å². The normalized spacial score (nSPS) is 44.4. The van der Waals surface area contributed by atoms with Crippen LogP contribution in [-0.2, 0) is 16.1 Å². The summed E-state index contributed by atoms with van der Waals surface area (Å²) in [6.45, 7) is 8.63. The van der Waals surface area contributed by atoms with Crippen LogP contribution in [0.4, 0.5) is 0 Å². The van der Waals surface area contributed by atoms with E-state index < -0.39 is 11.4 Å². The van der Waals surface area contributed by atoms with E-state index in [1.807, 2.05) is 0 Å². The van der Waals surface area contributed by atoms with E-state index >= 15 is 0 Å². The Kier molecular flexibility index (Phi) is 5.47. The van der Waals surface area contributed by atoms with Crippen molar-refractivity contribution in [1.29, 1.82) is 0 Å². The number of carbonyl (C=O) groups excluding carboxylic acids is 1. The second-order valence-electron chi connectivity index (χ2n) is 12.1. The van der Waals surface area contributed by atoms with Gasteiger partial charge in [0.05, 0.1) is 6.61 Å². The fourth-order valence-corrected chi connectivity index (χ4v) is 8.24. The van der Waals surface area contributed by atoms with Gasteiger partial charge in [0.15, 0.2) is 11.6 Å². The molecule has 1 unspecified atom stereocenters. The van der Waals surface area contributed by atoms with Crippen LogP contribution in [0.3, 0.4) is 0 Å². The molecule has 2 N–H and O–H groups in total. The lowest BCUT2D eigenvalue weighted by Crippen LogP contribution is -2.57. The predicted molar refractivity (Wildman–Crippen MR) is 128 cm³/mol. The largest absolute Gasteiger partial charge is 0.382 e. The molecule has 33 heavy (non-hydrogen) atoms. The number of aryl methyl sites for hydroxylation is 1. The Labute approximate surface area is 198 Å². The zero-order valence-corrected chi connectivity index (χ0v) is 20.7. The van der Waals surface area contributed by atoms with Gasteiger partial charge in [0.1, 0.15) is 5.60 Å². The van der Waals surface area contributed by atoms with Crippen molar-refractivity contribution < 1.29 is 19.7 Å². The van der Waals surface area contributed by atoms with Gasteiger partial charge in [-0.05, 0) is 81.1 Å². The van der Waals surface area contributed by atoms with Crippen LogP contribution >= 0.6 is 0 Å². The van der Waals surface area contributed by atoms with Crippen molar-refractivity contribution in [2.24, 2.45) is 28.6 Å². The molecule has 0 heterocycles. The second kappa shape index (κ2) is 7.76. The first-order chi connectivity index (χ1) is 15.5. The van der Waals surface area contributed by atoms with Crippen LogP contribution in [0.2, 0.25) is 0 Å². The molecule has 0 spiro atoms. The lowest BCUT2D eigenvalue weighted by atomic mass is 9.46. The molecule has 0 aliphatic heterocycles. The quantitative estimate of drug-likeness (QED) is 0.469. The molecule has 4 heteroatoms. The minimum absolute atomic E-state index is 0.0577. The third kappa shape index (κ3) is 3.47. The SMILES string of the molecule is CC(=O)[C@@]1(O)CC[C@H]2[C@@H]3CC=C4CC(O)(OCc5ccc(C)cc5)CC[C@]4(C)[C@H]3CC[C@@]21C. The van der Waals surface area contributed by atoms with Crippen molar-refractivity contribution in [3.8, 4) is 0 Å². The fraction of sp³-hybridized carbons (Fsp3) is 0.690. The van der Waals surface area contributed by atoms with Gasteiger partial charge in [0.25, 0.3) is 0 Å². The maximum absolute atomic E-state index is 12.4. The van der Waals surface area contributed by atoms with Crippen LogP contribution < -0.4 is 0 Å². The number of hydrogen-bond acceptors (Lipinski definition) is 4. The molecular weight excluding hydrogens is 412 g/mol. The average molecular weight is 453 g/mol. The second-order valence-corrected chi connectivity index (χ2v) is 12.1. The minimum atomic E-state index is -1.16. The van der Waals surface area contributed by atoms with Crippen LogP contribution in [0.1, 0.15) is 83.3 Å². The van der Waals surface area contributed by atoms with Crippen LogP contribution in [0.15, 0.2) is 35.9 Å². The zero-order chi connectivity index (χ0) is 23.6. The number of ketones is 1. The topological polar surface area (TPSA) is 66.8 Å². The Hall–Kier alpha value is -1.49. The number of fused-ring (bicyclic) bond motifs is 5. The van der Waals surface area contributed by atoms with E-state index in [0.717, 1.165) is 37.7 Å². The fourth-order valence-electron chi connectivity index (χ4n) is 8.24. The van der Waals surface area contributed by atoms with Gasteiger partial charge in [-0.1, -0.05) is 55.3 Å². The average Bonchev–Trinajstić information content (AvgIpc) is 3.06.